The number of rotatable bonds is 5. The van der Waals surface area contributed by atoms with E-state index < -0.39 is 27.5 Å². The highest BCUT2D eigenvalue weighted by molar-refractivity contribution is 7.90. The molecular formula is C18H18FNO5S. The molecular weight excluding hydrogens is 361 g/mol. The van der Waals surface area contributed by atoms with Crippen LogP contribution in [0.4, 0.5) is 10.1 Å². The number of anilines is 1. The SMILES string of the molecule is CC(C)C(=O)Oc1ccccc1C(=O)Nc1cc(F)cc(S(C)(=O)=O)c1. The van der Waals surface area contributed by atoms with Crippen molar-refractivity contribution in [1.29, 1.82) is 0 Å². The van der Waals surface area contributed by atoms with E-state index in [-0.39, 0.29) is 27.8 Å². The molecule has 2 aromatic carbocycles. The third-order valence-electron chi connectivity index (χ3n) is 3.37. The number of hydrogen-bond acceptors (Lipinski definition) is 5. The van der Waals surface area contributed by atoms with Gasteiger partial charge in [0.2, 0.25) is 0 Å². The zero-order valence-corrected chi connectivity index (χ0v) is 15.3. The predicted octanol–water partition coefficient (Wildman–Crippen LogP) is 3.04. The van der Waals surface area contributed by atoms with Gasteiger partial charge in [-0.1, -0.05) is 26.0 Å². The van der Waals surface area contributed by atoms with Gasteiger partial charge in [0.1, 0.15) is 11.6 Å². The Labute approximate surface area is 150 Å². The minimum atomic E-state index is -3.64. The second kappa shape index (κ2) is 7.65. The highest BCUT2D eigenvalue weighted by Crippen LogP contribution is 2.23. The summed E-state index contributed by atoms with van der Waals surface area (Å²) in [5.74, 6) is -2.30. The van der Waals surface area contributed by atoms with Crippen molar-refractivity contribution in [3.05, 3.63) is 53.8 Å². The lowest BCUT2D eigenvalue weighted by molar-refractivity contribution is -0.137. The fourth-order valence-corrected chi connectivity index (χ4v) is 2.68. The largest absolute Gasteiger partial charge is 0.425 e. The average molecular weight is 379 g/mol. The van der Waals surface area contributed by atoms with E-state index in [4.69, 9.17) is 4.74 Å². The number of esters is 1. The Kier molecular flexibility index (Phi) is 5.76. The fourth-order valence-electron chi connectivity index (χ4n) is 2.02. The van der Waals surface area contributed by atoms with Crippen molar-refractivity contribution in [2.24, 2.45) is 5.92 Å². The highest BCUT2D eigenvalue weighted by Gasteiger charge is 2.18. The van der Waals surface area contributed by atoms with E-state index >= 15 is 0 Å². The number of amides is 1. The van der Waals surface area contributed by atoms with Crippen LogP contribution in [0.25, 0.3) is 0 Å². The summed E-state index contributed by atoms with van der Waals surface area (Å²) in [6.07, 6.45) is 0.939. The van der Waals surface area contributed by atoms with Crippen molar-refractivity contribution >= 4 is 27.4 Å². The van der Waals surface area contributed by atoms with Gasteiger partial charge in [-0.3, -0.25) is 9.59 Å². The van der Waals surface area contributed by atoms with Crippen LogP contribution in [0.1, 0.15) is 24.2 Å². The highest BCUT2D eigenvalue weighted by atomic mass is 32.2. The van der Waals surface area contributed by atoms with Crippen LogP contribution in [-0.2, 0) is 14.6 Å². The van der Waals surface area contributed by atoms with Gasteiger partial charge in [-0.2, -0.15) is 0 Å². The van der Waals surface area contributed by atoms with E-state index in [1.807, 2.05) is 0 Å². The molecule has 8 heteroatoms. The second-order valence-corrected chi connectivity index (χ2v) is 7.99. The minimum Gasteiger partial charge on any atom is -0.425 e. The number of para-hydroxylation sites is 1. The maximum Gasteiger partial charge on any atom is 0.313 e. The third kappa shape index (κ3) is 4.89. The molecule has 0 unspecified atom stereocenters. The Balaban J connectivity index is 2.32. The maximum atomic E-state index is 13.7. The number of carbonyl (C=O) groups excluding carboxylic acids is 2. The molecule has 0 heterocycles. The third-order valence-corrected chi connectivity index (χ3v) is 4.46. The maximum absolute atomic E-state index is 13.7. The van der Waals surface area contributed by atoms with Crippen LogP contribution in [0.15, 0.2) is 47.4 Å². The first-order chi connectivity index (χ1) is 12.1. The van der Waals surface area contributed by atoms with Crippen LogP contribution in [-0.4, -0.2) is 26.6 Å². The summed E-state index contributed by atoms with van der Waals surface area (Å²) in [6, 6.07) is 9.09. The molecule has 0 spiro atoms. The smallest absolute Gasteiger partial charge is 0.313 e. The van der Waals surface area contributed by atoms with E-state index in [1.54, 1.807) is 26.0 Å². The van der Waals surface area contributed by atoms with Crippen LogP contribution < -0.4 is 10.1 Å². The van der Waals surface area contributed by atoms with Gasteiger partial charge in [-0.15, -0.1) is 0 Å². The lowest BCUT2D eigenvalue weighted by Crippen LogP contribution is -2.19. The Morgan fingerprint density at radius 3 is 2.38 bits per heavy atom. The van der Waals surface area contributed by atoms with Crippen LogP contribution in [0, 0.1) is 11.7 Å². The average Bonchev–Trinajstić information content (AvgIpc) is 2.53. The lowest BCUT2D eigenvalue weighted by atomic mass is 10.1. The van der Waals surface area contributed by atoms with Crippen molar-refractivity contribution in [1.82, 2.24) is 0 Å². The molecule has 0 saturated carbocycles. The van der Waals surface area contributed by atoms with Crippen LogP contribution >= 0.6 is 0 Å². The van der Waals surface area contributed by atoms with Crippen molar-refractivity contribution in [3.8, 4) is 5.75 Å². The molecule has 1 N–H and O–H groups in total. The summed E-state index contributed by atoms with van der Waals surface area (Å²) < 4.78 is 42.1. The number of carbonyl (C=O) groups is 2. The van der Waals surface area contributed by atoms with E-state index in [1.165, 1.54) is 12.1 Å². The Morgan fingerprint density at radius 2 is 1.77 bits per heavy atom. The molecule has 0 radical (unpaired) electrons. The number of benzene rings is 2. The Bertz CT molecular complexity index is 954. The summed E-state index contributed by atoms with van der Waals surface area (Å²) in [6.45, 7) is 3.31. The van der Waals surface area contributed by atoms with E-state index in [0.29, 0.717) is 0 Å². The monoisotopic (exact) mass is 379 g/mol. The van der Waals surface area contributed by atoms with Crippen molar-refractivity contribution in [3.63, 3.8) is 0 Å². The molecule has 138 valence electrons. The van der Waals surface area contributed by atoms with Crippen molar-refractivity contribution in [2.45, 2.75) is 18.7 Å². The molecule has 0 fully saturated rings. The zero-order chi connectivity index (χ0) is 19.5. The van der Waals surface area contributed by atoms with Crippen molar-refractivity contribution in [2.75, 3.05) is 11.6 Å². The summed E-state index contributed by atoms with van der Waals surface area (Å²) in [7, 11) is -3.64. The number of ether oxygens (including phenoxy) is 1. The van der Waals surface area contributed by atoms with E-state index in [9.17, 15) is 22.4 Å². The molecule has 0 saturated heterocycles. The van der Waals surface area contributed by atoms with Gasteiger partial charge in [0, 0.05) is 11.9 Å². The van der Waals surface area contributed by atoms with Gasteiger partial charge >= 0.3 is 5.97 Å². The quantitative estimate of drug-likeness (QED) is 0.637. The van der Waals surface area contributed by atoms with Gasteiger partial charge in [0.25, 0.3) is 5.91 Å². The van der Waals surface area contributed by atoms with Crippen LogP contribution in [0.3, 0.4) is 0 Å². The molecule has 6 nitrogen and oxygen atoms in total. The molecule has 26 heavy (non-hydrogen) atoms. The summed E-state index contributed by atoms with van der Waals surface area (Å²) in [5.41, 5.74) is 0.0343. The molecule has 1 amide bonds. The molecule has 0 aliphatic carbocycles. The topological polar surface area (TPSA) is 89.5 Å². The van der Waals surface area contributed by atoms with Crippen LogP contribution in [0.5, 0.6) is 5.75 Å². The van der Waals surface area contributed by atoms with Crippen molar-refractivity contribution < 1.29 is 27.1 Å². The van der Waals surface area contributed by atoms with Gasteiger partial charge in [-0.05, 0) is 30.3 Å². The number of hydrogen-bond donors (Lipinski definition) is 1. The molecule has 0 bridgehead atoms. The predicted molar refractivity (Wildman–Crippen MR) is 94.4 cm³/mol. The summed E-state index contributed by atoms with van der Waals surface area (Å²) >= 11 is 0. The molecule has 0 aliphatic rings. The molecule has 0 atom stereocenters. The van der Waals surface area contributed by atoms with E-state index in [2.05, 4.69) is 5.32 Å². The molecule has 0 aliphatic heterocycles. The lowest BCUT2D eigenvalue weighted by Gasteiger charge is -2.12. The number of nitrogens with one attached hydrogen (secondary N) is 1. The molecule has 0 aromatic heterocycles. The van der Waals surface area contributed by atoms with Crippen LogP contribution in [0.2, 0.25) is 0 Å². The first-order valence-corrected chi connectivity index (χ1v) is 9.60. The van der Waals surface area contributed by atoms with E-state index in [0.717, 1.165) is 24.5 Å². The second-order valence-electron chi connectivity index (χ2n) is 5.97. The standard InChI is InChI=1S/C18H18FNO5S/c1-11(2)18(22)25-16-7-5-4-6-15(16)17(21)20-13-8-12(19)9-14(10-13)26(3,23)24/h4-11H,1-3H3,(H,20,21). The Morgan fingerprint density at radius 1 is 1.12 bits per heavy atom. The zero-order valence-electron chi connectivity index (χ0n) is 14.4. The Hall–Kier alpha value is -2.74. The van der Waals surface area contributed by atoms with Gasteiger partial charge in [0.05, 0.1) is 16.4 Å². The van der Waals surface area contributed by atoms with Gasteiger partial charge in [-0.25, -0.2) is 12.8 Å². The van der Waals surface area contributed by atoms with Gasteiger partial charge < -0.3 is 10.1 Å². The fraction of sp³-hybridized carbons (Fsp3) is 0.222. The number of halogens is 1. The van der Waals surface area contributed by atoms with Gasteiger partial charge in [0.15, 0.2) is 9.84 Å². The first kappa shape index (κ1) is 19.6. The number of sulfone groups is 1. The molecule has 2 aromatic rings. The molecule has 2 rings (SSSR count). The summed E-state index contributed by atoms with van der Waals surface area (Å²) in [5, 5.41) is 2.42. The summed E-state index contributed by atoms with van der Waals surface area (Å²) in [4.78, 5) is 24.0. The first-order valence-electron chi connectivity index (χ1n) is 7.70. The normalized spacial score (nSPS) is 11.3. The minimum absolute atomic E-state index is 0.0274.